The van der Waals surface area contributed by atoms with E-state index in [4.69, 9.17) is 10.3 Å². The molecule has 0 spiro atoms. The number of aromatic nitrogens is 2. The Kier molecular flexibility index (Phi) is 6.99. The predicted octanol–water partition coefficient (Wildman–Crippen LogP) is 2.40. The highest BCUT2D eigenvalue weighted by molar-refractivity contribution is 7.13. The molecule has 0 unspecified atom stereocenters. The maximum Gasteiger partial charge on any atom is 0.226 e. The van der Waals surface area contributed by atoms with Crippen LogP contribution in [0.25, 0.3) is 10.7 Å². The van der Waals surface area contributed by atoms with Gasteiger partial charge in [0.05, 0.1) is 4.88 Å². The number of hydrogen-bond acceptors (Lipinski definition) is 6. The van der Waals surface area contributed by atoms with Gasteiger partial charge in [-0.3, -0.25) is 4.79 Å². The maximum atomic E-state index is 11.8. The summed E-state index contributed by atoms with van der Waals surface area (Å²) in [5.41, 5.74) is 5.21. The smallest absolute Gasteiger partial charge is 0.226 e. The minimum atomic E-state index is -0.367. The lowest BCUT2D eigenvalue weighted by molar-refractivity contribution is -0.122. The van der Waals surface area contributed by atoms with Crippen LogP contribution >= 0.6 is 23.7 Å². The Hall–Kier alpha value is -1.44. The van der Waals surface area contributed by atoms with Crippen LogP contribution in [0.2, 0.25) is 0 Å². The number of hydrogen-bond donors (Lipinski definition) is 2. The second-order valence-electron chi connectivity index (χ2n) is 5.48. The molecule has 0 saturated heterocycles. The molecule has 0 saturated carbocycles. The van der Waals surface area contributed by atoms with Crippen molar-refractivity contribution in [2.75, 3.05) is 6.54 Å². The molecule has 0 bridgehead atoms. The number of thiophene rings is 1. The molecular weight excluding hydrogens is 324 g/mol. The average Bonchev–Trinajstić information content (AvgIpc) is 3.08. The van der Waals surface area contributed by atoms with Crippen molar-refractivity contribution in [2.45, 2.75) is 38.6 Å². The first-order valence-electron chi connectivity index (χ1n) is 6.88. The van der Waals surface area contributed by atoms with Gasteiger partial charge in [0.15, 0.2) is 0 Å². The van der Waals surface area contributed by atoms with E-state index in [9.17, 15) is 4.79 Å². The summed E-state index contributed by atoms with van der Waals surface area (Å²) in [5, 5.41) is 8.79. The molecule has 0 aliphatic carbocycles. The van der Waals surface area contributed by atoms with Gasteiger partial charge in [0.25, 0.3) is 0 Å². The van der Waals surface area contributed by atoms with Gasteiger partial charge in [-0.25, -0.2) is 0 Å². The fourth-order valence-electron chi connectivity index (χ4n) is 1.75. The Morgan fingerprint density at radius 1 is 1.50 bits per heavy atom. The van der Waals surface area contributed by atoms with Crippen LogP contribution in [0.5, 0.6) is 0 Å². The van der Waals surface area contributed by atoms with E-state index < -0.39 is 0 Å². The van der Waals surface area contributed by atoms with Crippen molar-refractivity contribution in [2.24, 2.45) is 5.73 Å². The zero-order valence-corrected chi connectivity index (χ0v) is 14.3. The average molecular weight is 345 g/mol. The Morgan fingerprint density at radius 2 is 2.27 bits per heavy atom. The summed E-state index contributed by atoms with van der Waals surface area (Å²) in [6.45, 7) is 4.21. The summed E-state index contributed by atoms with van der Waals surface area (Å²) in [6.07, 6.45) is 1.67. The Bertz CT molecular complexity index is 583. The second kappa shape index (κ2) is 8.26. The van der Waals surface area contributed by atoms with E-state index in [0.29, 0.717) is 37.5 Å². The van der Waals surface area contributed by atoms with E-state index in [-0.39, 0.29) is 23.9 Å². The number of carbonyl (C=O) groups excluding carboxylic acids is 1. The number of nitrogens with one attached hydrogen (secondary N) is 1. The summed E-state index contributed by atoms with van der Waals surface area (Å²) in [7, 11) is 0. The van der Waals surface area contributed by atoms with Crippen molar-refractivity contribution in [1.82, 2.24) is 15.5 Å². The molecule has 2 rings (SSSR count). The first-order valence-corrected chi connectivity index (χ1v) is 7.76. The van der Waals surface area contributed by atoms with Gasteiger partial charge in [-0.05, 0) is 31.7 Å². The van der Waals surface area contributed by atoms with E-state index in [1.165, 1.54) is 0 Å². The summed E-state index contributed by atoms with van der Waals surface area (Å²) < 4.78 is 5.19. The molecule has 8 heteroatoms. The quantitative estimate of drug-likeness (QED) is 0.804. The predicted molar refractivity (Wildman–Crippen MR) is 89.1 cm³/mol. The lowest BCUT2D eigenvalue weighted by Gasteiger charge is -2.24. The third-order valence-corrected chi connectivity index (χ3v) is 3.86. The van der Waals surface area contributed by atoms with Crippen LogP contribution < -0.4 is 11.1 Å². The molecule has 0 aliphatic rings. The standard InChI is InChI=1S/C14H20N4O2S.ClH/c1-14(2,9-15)17-11(19)6-3-7-12-16-13(18-20-12)10-5-4-8-21-10;/h4-5,8H,3,6-7,9,15H2,1-2H3,(H,17,19);1H. The molecule has 0 aliphatic heterocycles. The van der Waals surface area contributed by atoms with Crippen LogP contribution in [0.15, 0.2) is 22.0 Å². The van der Waals surface area contributed by atoms with Crippen LogP contribution in [0.3, 0.4) is 0 Å². The summed E-state index contributed by atoms with van der Waals surface area (Å²) >= 11 is 1.57. The van der Waals surface area contributed by atoms with Gasteiger partial charge < -0.3 is 15.6 Å². The highest BCUT2D eigenvalue weighted by Gasteiger charge is 2.18. The molecule has 0 atom stereocenters. The van der Waals surface area contributed by atoms with Crippen LogP contribution in [-0.2, 0) is 11.2 Å². The van der Waals surface area contributed by atoms with E-state index in [1.807, 2.05) is 31.4 Å². The van der Waals surface area contributed by atoms with E-state index in [1.54, 1.807) is 11.3 Å². The zero-order chi connectivity index (χ0) is 15.3. The maximum absolute atomic E-state index is 11.8. The first kappa shape index (κ1) is 18.6. The number of amides is 1. The number of carbonyl (C=O) groups is 1. The van der Waals surface area contributed by atoms with Gasteiger partial charge in [0, 0.05) is 24.9 Å². The number of rotatable bonds is 7. The highest BCUT2D eigenvalue weighted by atomic mass is 35.5. The highest BCUT2D eigenvalue weighted by Crippen LogP contribution is 2.21. The van der Waals surface area contributed by atoms with Gasteiger partial charge >= 0.3 is 0 Å². The van der Waals surface area contributed by atoms with Gasteiger partial charge in [-0.15, -0.1) is 23.7 Å². The number of aryl methyl sites for hydroxylation is 1. The summed E-state index contributed by atoms with van der Waals surface area (Å²) in [5.74, 6) is 1.15. The largest absolute Gasteiger partial charge is 0.350 e. The third kappa shape index (κ3) is 5.40. The molecule has 2 aromatic heterocycles. The Labute approximate surface area is 139 Å². The third-order valence-electron chi connectivity index (χ3n) is 2.99. The Morgan fingerprint density at radius 3 is 2.91 bits per heavy atom. The summed E-state index contributed by atoms with van der Waals surface area (Å²) in [6, 6.07) is 3.89. The van der Waals surface area contributed by atoms with E-state index in [2.05, 4.69) is 15.5 Å². The molecule has 0 radical (unpaired) electrons. The zero-order valence-electron chi connectivity index (χ0n) is 12.7. The van der Waals surface area contributed by atoms with Crippen molar-refractivity contribution in [1.29, 1.82) is 0 Å². The van der Waals surface area contributed by atoms with Crippen molar-refractivity contribution >= 4 is 29.7 Å². The van der Waals surface area contributed by atoms with Crippen molar-refractivity contribution in [3.63, 3.8) is 0 Å². The normalized spacial score (nSPS) is 11.0. The molecular formula is C14H21ClN4O2S. The molecule has 6 nitrogen and oxygen atoms in total. The molecule has 0 fully saturated rings. The van der Waals surface area contributed by atoms with Crippen molar-refractivity contribution in [3.8, 4) is 10.7 Å². The minimum absolute atomic E-state index is 0. The molecule has 2 heterocycles. The molecule has 0 aromatic carbocycles. The topological polar surface area (TPSA) is 94.0 Å². The Balaban J connectivity index is 0.00000242. The SMILES string of the molecule is CC(C)(CN)NC(=O)CCCc1nc(-c2cccs2)no1.Cl. The number of nitrogens with zero attached hydrogens (tertiary/aromatic N) is 2. The van der Waals surface area contributed by atoms with E-state index >= 15 is 0 Å². The number of halogens is 1. The van der Waals surface area contributed by atoms with E-state index in [0.717, 1.165) is 4.88 Å². The fraction of sp³-hybridized carbons (Fsp3) is 0.500. The minimum Gasteiger partial charge on any atom is -0.350 e. The monoisotopic (exact) mass is 344 g/mol. The molecule has 2 aromatic rings. The van der Waals surface area contributed by atoms with Crippen LogP contribution in [0.1, 0.15) is 32.6 Å². The molecule has 22 heavy (non-hydrogen) atoms. The molecule has 122 valence electrons. The van der Waals surface area contributed by atoms with Crippen LogP contribution in [-0.4, -0.2) is 28.1 Å². The molecule has 3 N–H and O–H groups in total. The van der Waals surface area contributed by atoms with Gasteiger partial charge in [0.2, 0.25) is 17.6 Å². The van der Waals surface area contributed by atoms with Crippen molar-refractivity contribution < 1.29 is 9.32 Å². The second-order valence-corrected chi connectivity index (χ2v) is 6.43. The van der Waals surface area contributed by atoms with Gasteiger partial charge in [-0.2, -0.15) is 4.98 Å². The van der Waals surface area contributed by atoms with Gasteiger partial charge in [0.1, 0.15) is 0 Å². The van der Waals surface area contributed by atoms with Gasteiger partial charge in [-0.1, -0.05) is 11.2 Å². The van der Waals surface area contributed by atoms with Crippen LogP contribution in [0, 0.1) is 0 Å². The van der Waals surface area contributed by atoms with Crippen LogP contribution in [0.4, 0.5) is 0 Å². The lowest BCUT2D eigenvalue weighted by Crippen LogP contribution is -2.48. The number of nitrogens with two attached hydrogens (primary N) is 1. The first-order chi connectivity index (χ1) is 10.00. The fourth-order valence-corrected chi connectivity index (χ4v) is 2.40. The summed E-state index contributed by atoms with van der Waals surface area (Å²) in [4.78, 5) is 17.1. The van der Waals surface area contributed by atoms with Crippen molar-refractivity contribution in [3.05, 3.63) is 23.4 Å². The molecule has 1 amide bonds. The lowest BCUT2D eigenvalue weighted by atomic mass is 10.1.